The third kappa shape index (κ3) is 2.74. The highest BCUT2D eigenvalue weighted by molar-refractivity contribution is 9.13. The third-order valence-corrected chi connectivity index (χ3v) is 4.10. The van der Waals surface area contributed by atoms with Crippen molar-refractivity contribution in [2.24, 2.45) is 0 Å². The molecule has 0 radical (unpaired) electrons. The summed E-state index contributed by atoms with van der Waals surface area (Å²) in [6.45, 7) is 0. The topological polar surface area (TPSA) is 37.3 Å². The van der Waals surface area contributed by atoms with E-state index in [1.54, 1.807) is 6.07 Å². The highest BCUT2D eigenvalue weighted by Gasteiger charge is 2.09. The Bertz CT molecular complexity index is 254. The van der Waals surface area contributed by atoms with Gasteiger partial charge in [-0.25, -0.2) is 4.79 Å². The van der Waals surface area contributed by atoms with Crippen LogP contribution in [0.15, 0.2) is 14.3 Å². The van der Waals surface area contributed by atoms with Gasteiger partial charge in [0.05, 0.1) is 3.79 Å². The van der Waals surface area contributed by atoms with Crippen LogP contribution in [0.4, 0.5) is 0 Å². The van der Waals surface area contributed by atoms with Gasteiger partial charge >= 0.3 is 5.97 Å². The molecule has 0 fully saturated rings. The maximum atomic E-state index is 10.3. The van der Waals surface area contributed by atoms with Crippen molar-refractivity contribution in [2.75, 3.05) is 0 Å². The number of carbonyl (C=O) groups is 1. The van der Waals surface area contributed by atoms with Gasteiger partial charge in [0.2, 0.25) is 0 Å². The first-order valence-electron chi connectivity index (χ1n) is 2.29. The Labute approximate surface area is 90.3 Å². The minimum Gasteiger partial charge on any atom is -0.477 e. The Morgan fingerprint density at radius 3 is 2.27 bits per heavy atom. The Hall–Kier alpha value is 0.420. The SMILES string of the molecule is Cl.O=C(O)c1cc(Br)c(Br)s1. The van der Waals surface area contributed by atoms with Crippen molar-refractivity contribution in [3.05, 3.63) is 19.2 Å². The van der Waals surface area contributed by atoms with E-state index >= 15 is 0 Å². The smallest absolute Gasteiger partial charge is 0.345 e. The quantitative estimate of drug-likeness (QED) is 0.860. The molecular formula is C5H3Br2ClO2S. The number of hydrogen-bond donors (Lipinski definition) is 1. The molecular weight excluding hydrogens is 319 g/mol. The van der Waals surface area contributed by atoms with Gasteiger partial charge in [-0.15, -0.1) is 23.7 Å². The second kappa shape index (κ2) is 4.45. The molecule has 0 spiro atoms. The number of carboxylic acids is 1. The summed E-state index contributed by atoms with van der Waals surface area (Å²) >= 11 is 7.57. The molecule has 62 valence electrons. The number of aromatic carboxylic acids is 1. The Morgan fingerprint density at radius 2 is 2.09 bits per heavy atom. The van der Waals surface area contributed by atoms with E-state index in [4.69, 9.17) is 5.11 Å². The molecule has 1 heterocycles. The third-order valence-electron chi connectivity index (χ3n) is 0.856. The van der Waals surface area contributed by atoms with Crippen LogP contribution in [0.2, 0.25) is 0 Å². The molecule has 0 aromatic carbocycles. The van der Waals surface area contributed by atoms with Crippen LogP contribution in [0.3, 0.4) is 0 Å². The summed E-state index contributed by atoms with van der Waals surface area (Å²) in [5.41, 5.74) is 0. The van der Waals surface area contributed by atoms with Crippen LogP contribution in [0.1, 0.15) is 9.67 Å². The summed E-state index contributed by atoms with van der Waals surface area (Å²) in [4.78, 5) is 10.7. The average Bonchev–Trinajstić information content (AvgIpc) is 2.13. The monoisotopic (exact) mass is 320 g/mol. The lowest BCUT2D eigenvalue weighted by molar-refractivity contribution is 0.0702. The van der Waals surface area contributed by atoms with Crippen molar-refractivity contribution in [1.29, 1.82) is 0 Å². The molecule has 0 saturated heterocycles. The van der Waals surface area contributed by atoms with Gasteiger partial charge in [0.1, 0.15) is 4.88 Å². The van der Waals surface area contributed by atoms with Crippen molar-refractivity contribution in [3.8, 4) is 0 Å². The fraction of sp³-hybridized carbons (Fsp3) is 0. The van der Waals surface area contributed by atoms with E-state index < -0.39 is 5.97 Å². The zero-order valence-corrected chi connectivity index (χ0v) is 9.81. The molecule has 0 aliphatic heterocycles. The first kappa shape index (κ1) is 11.4. The molecule has 0 unspecified atom stereocenters. The lowest BCUT2D eigenvalue weighted by Gasteiger charge is -1.79. The zero-order valence-electron chi connectivity index (χ0n) is 5.01. The summed E-state index contributed by atoms with van der Waals surface area (Å²) in [7, 11) is 0. The van der Waals surface area contributed by atoms with Crippen LogP contribution in [0, 0.1) is 0 Å². The first-order chi connectivity index (χ1) is 4.61. The van der Waals surface area contributed by atoms with Gasteiger partial charge < -0.3 is 5.11 Å². The molecule has 0 atom stereocenters. The molecule has 0 aliphatic carbocycles. The largest absolute Gasteiger partial charge is 0.477 e. The average molecular weight is 322 g/mol. The molecule has 1 aromatic rings. The molecule has 6 heteroatoms. The summed E-state index contributed by atoms with van der Waals surface area (Å²) < 4.78 is 1.60. The molecule has 11 heavy (non-hydrogen) atoms. The molecule has 1 rings (SSSR count). The van der Waals surface area contributed by atoms with E-state index in [-0.39, 0.29) is 12.4 Å². The molecule has 1 N–H and O–H groups in total. The summed E-state index contributed by atoms with van der Waals surface area (Å²) in [5.74, 6) is -0.892. The van der Waals surface area contributed by atoms with E-state index in [1.807, 2.05) is 0 Å². The van der Waals surface area contributed by atoms with Gasteiger partial charge in [0.25, 0.3) is 0 Å². The molecule has 0 amide bonds. The number of carboxylic acid groups (broad SMARTS) is 1. The molecule has 1 aromatic heterocycles. The highest BCUT2D eigenvalue weighted by Crippen LogP contribution is 2.32. The van der Waals surface area contributed by atoms with Crippen molar-refractivity contribution in [2.45, 2.75) is 0 Å². The second-order valence-electron chi connectivity index (χ2n) is 1.54. The Morgan fingerprint density at radius 1 is 1.55 bits per heavy atom. The van der Waals surface area contributed by atoms with E-state index in [9.17, 15) is 4.79 Å². The molecule has 0 saturated carbocycles. The van der Waals surface area contributed by atoms with Crippen molar-refractivity contribution >= 4 is 61.6 Å². The lowest BCUT2D eigenvalue weighted by atomic mass is 10.5. The summed E-state index contributed by atoms with van der Waals surface area (Å²) in [6, 6.07) is 1.57. The van der Waals surface area contributed by atoms with Crippen LogP contribution in [0.5, 0.6) is 0 Å². The van der Waals surface area contributed by atoms with Crippen LogP contribution >= 0.6 is 55.6 Å². The minimum atomic E-state index is -0.892. The summed E-state index contributed by atoms with van der Waals surface area (Å²) in [5, 5.41) is 8.49. The number of rotatable bonds is 1. The van der Waals surface area contributed by atoms with E-state index in [1.165, 1.54) is 11.3 Å². The van der Waals surface area contributed by atoms with E-state index in [2.05, 4.69) is 31.9 Å². The second-order valence-corrected chi connectivity index (χ2v) is 4.76. The standard InChI is InChI=1S/C5H2Br2O2S.ClH/c6-2-1-3(5(8)9)10-4(2)7;/h1H,(H,8,9);1H. The normalized spacial score (nSPS) is 8.91. The van der Waals surface area contributed by atoms with Gasteiger partial charge in [-0.2, -0.15) is 0 Å². The maximum absolute atomic E-state index is 10.3. The van der Waals surface area contributed by atoms with Crippen molar-refractivity contribution in [1.82, 2.24) is 0 Å². The fourth-order valence-corrected chi connectivity index (χ4v) is 2.33. The van der Waals surface area contributed by atoms with Crippen LogP contribution in [-0.4, -0.2) is 11.1 Å². The molecule has 0 aliphatic rings. The van der Waals surface area contributed by atoms with Crippen molar-refractivity contribution < 1.29 is 9.90 Å². The van der Waals surface area contributed by atoms with Crippen LogP contribution in [0.25, 0.3) is 0 Å². The predicted octanol–water partition coefficient (Wildman–Crippen LogP) is 3.39. The number of thiophene rings is 1. The fourth-order valence-electron chi connectivity index (χ4n) is 0.452. The van der Waals surface area contributed by atoms with Gasteiger partial charge in [0.15, 0.2) is 0 Å². The number of hydrogen-bond acceptors (Lipinski definition) is 2. The van der Waals surface area contributed by atoms with Gasteiger partial charge in [-0.05, 0) is 37.9 Å². The van der Waals surface area contributed by atoms with Gasteiger partial charge in [0, 0.05) is 4.47 Å². The van der Waals surface area contributed by atoms with Gasteiger partial charge in [-0.1, -0.05) is 0 Å². The van der Waals surface area contributed by atoms with E-state index in [0.29, 0.717) is 4.88 Å². The maximum Gasteiger partial charge on any atom is 0.345 e. The highest BCUT2D eigenvalue weighted by atomic mass is 79.9. The van der Waals surface area contributed by atoms with E-state index in [0.717, 1.165) is 8.26 Å². The lowest BCUT2D eigenvalue weighted by Crippen LogP contribution is -1.89. The Balaban J connectivity index is 0.000001000. The minimum absolute atomic E-state index is 0. The van der Waals surface area contributed by atoms with Crippen LogP contribution in [-0.2, 0) is 0 Å². The Kier molecular flexibility index (Phi) is 4.62. The zero-order chi connectivity index (χ0) is 7.72. The molecule has 2 nitrogen and oxygen atoms in total. The summed E-state index contributed by atoms with van der Waals surface area (Å²) in [6.07, 6.45) is 0. The van der Waals surface area contributed by atoms with Crippen LogP contribution < -0.4 is 0 Å². The molecule has 0 bridgehead atoms. The predicted molar refractivity (Wildman–Crippen MR) is 53.9 cm³/mol. The number of halogens is 3. The first-order valence-corrected chi connectivity index (χ1v) is 4.69. The van der Waals surface area contributed by atoms with Gasteiger partial charge in [-0.3, -0.25) is 0 Å². The van der Waals surface area contributed by atoms with Crippen molar-refractivity contribution in [3.63, 3.8) is 0 Å².